The third-order valence-electron chi connectivity index (χ3n) is 3.77. The summed E-state index contributed by atoms with van der Waals surface area (Å²) in [5.74, 6) is 2.33. The van der Waals surface area contributed by atoms with Gasteiger partial charge in [-0.1, -0.05) is 13.8 Å². The largest absolute Gasteiger partial charge is 0.356 e. The van der Waals surface area contributed by atoms with Crippen molar-refractivity contribution < 1.29 is 0 Å². The minimum atomic E-state index is 0. The van der Waals surface area contributed by atoms with Gasteiger partial charge in [0.05, 0.1) is 0 Å². The zero-order chi connectivity index (χ0) is 15.9. The van der Waals surface area contributed by atoms with E-state index in [0.29, 0.717) is 12.5 Å². The highest BCUT2D eigenvalue weighted by Gasteiger charge is 2.16. The van der Waals surface area contributed by atoms with Gasteiger partial charge in [0.2, 0.25) is 0 Å². The summed E-state index contributed by atoms with van der Waals surface area (Å²) in [5, 5.41) is 11.0. The van der Waals surface area contributed by atoms with Crippen molar-refractivity contribution in [2.24, 2.45) is 10.9 Å². The molecule has 132 valence electrons. The van der Waals surface area contributed by atoms with Gasteiger partial charge >= 0.3 is 5.69 Å². The van der Waals surface area contributed by atoms with Crippen LogP contribution in [0, 0.1) is 5.92 Å². The Kier molecular flexibility index (Phi) is 8.64. The Balaban J connectivity index is 0.00000264. The molecule has 0 saturated carbocycles. The molecule has 2 rings (SSSR count). The third-order valence-corrected chi connectivity index (χ3v) is 3.77. The van der Waals surface area contributed by atoms with Gasteiger partial charge in [-0.05, 0) is 25.2 Å². The molecule has 0 atom stereocenters. The number of fused-ring (bicyclic) bond motifs is 1. The predicted molar refractivity (Wildman–Crippen MR) is 104 cm³/mol. The smallest absolute Gasteiger partial charge is 0.345 e. The molecular weight excluding hydrogens is 407 g/mol. The van der Waals surface area contributed by atoms with Crippen molar-refractivity contribution in [1.29, 1.82) is 0 Å². The highest BCUT2D eigenvalue weighted by molar-refractivity contribution is 14.0. The Hall–Kier alpha value is -1.06. The molecule has 0 saturated heterocycles. The fraction of sp³-hybridized carbons (Fsp3) is 0.800. The van der Waals surface area contributed by atoms with Crippen molar-refractivity contribution in [3.05, 3.63) is 16.3 Å². The molecule has 0 aromatic carbocycles. The zero-order valence-electron chi connectivity index (χ0n) is 14.3. The average Bonchev–Trinajstić information content (AvgIpc) is 2.83. The highest BCUT2D eigenvalue weighted by Crippen LogP contribution is 2.09. The molecule has 1 aliphatic rings. The molecule has 23 heavy (non-hydrogen) atoms. The average molecular weight is 436 g/mol. The third kappa shape index (κ3) is 5.82. The number of aliphatic imine (C=N–C) groups is 1. The molecule has 0 amide bonds. The number of aryl methyl sites for hydroxylation is 2. The van der Waals surface area contributed by atoms with Gasteiger partial charge in [0.1, 0.15) is 5.82 Å². The number of guanidine groups is 1. The quantitative estimate of drug-likeness (QED) is 0.304. The van der Waals surface area contributed by atoms with Crippen molar-refractivity contribution in [1.82, 2.24) is 25.0 Å². The molecule has 0 bridgehead atoms. The summed E-state index contributed by atoms with van der Waals surface area (Å²) in [5.41, 5.74) is 0.0389. The lowest BCUT2D eigenvalue weighted by molar-refractivity contribution is 0.509. The van der Waals surface area contributed by atoms with E-state index < -0.39 is 0 Å². The SMILES string of the molecule is CN=C(NCCCn1nc2n(c1=O)CCCC2)NCC(C)C.I. The lowest BCUT2D eigenvalue weighted by Crippen LogP contribution is -2.39. The van der Waals surface area contributed by atoms with E-state index in [9.17, 15) is 4.79 Å². The van der Waals surface area contributed by atoms with Crippen LogP contribution in [0.15, 0.2) is 9.79 Å². The van der Waals surface area contributed by atoms with Gasteiger partial charge < -0.3 is 10.6 Å². The number of hydrogen-bond acceptors (Lipinski definition) is 3. The van der Waals surface area contributed by atoms with Crippen LogP contribution < -0.4 is 16.3 Å². The zero-order valence-corrected chi connectivity index (χ0v) is 16.7. The number of nitrogens with zero attached hydrogens (tertiary/aromatic N) is 4. The van der Waals surface area contributed by atoms with Gasteiger partial charge in [-0.3, -0.25) is 9.56 Å². The van der Waals surface area contributed by atoms with E-state index in [1.165, 1.54) is 0 Å². The van der Waals surface area contributed by atoms with Crippen molar-refractivity contribution >= 4 is 29.9 Å². The molecule has 0 radical (unpaired) electrons. The van der Waals surface area contributed by atoms with Crippen LogP contribution in [0.2, 0.25) is 0 Å². The van der Waals surface area contributed by atoms with Gasteiger partial charge in [0.15, 0.2) is 5.96 Å². The van der Waals surface area contributed by atoms with Crippen LogP contribution >= 0.6 is 24.0 Å². The maximum Gasteiger partial charge on any atom is 0.345 e. The van der Waals surface area contributed by atoms with Crippen molar-refractivity contribution in [3.63, 3.8) is 0 Å². The van der Waals surface area contributed by atoms with Gasteiger partial charge in [-0.15, -0.1) is 24.0 Å². The molecule has 0 spiro atoms. The lowest BCUT2D eigenvalue weighted by Gasteiger charge is -2.13. The van der Waals surface area contributed by atoms with Crippen LogP contribution in [0.25, 0.3) is 0 Å². The van der Waals surface area contributed by atoms with E-state index in [4.69, 9.17) is 0 Å². The number of hydrogen-bond donors (Lipinski definition) is 2. The second kappa shape index (κ2) is 9.94. The molecule has 1 aliphatic heterocycles. The van der Waals surface area contributed by atoms with Crippen LogP contribution in [0.1, 0.15) is 38.9 Å². The molecule has 0 fully saturated rings. The van der Waals surface area contributed by atoms with E-state index in [-0.39, 0.29) is 29.7 Å². The van der Waals surface area contributed by atoms with Crippen molar-refractivity contribution in [3.8, 4) is 0 Å². The number of nitrogens with one attached hydrogen (secondary N) is 2. The second-order valence-electron chi connectivity index (χ2n) is 6.16. The Labute approximate surface area is 155 Å². The Bertz CT molecular complexity index is 563. The highest BCUT2D eigenvalue weighted by atomic mass is 127. The summed E-state index contributed by atoms with van der Waals surface area (Å²) in [4.78, 5) is 16.4. The monoisotopic (exact) mass is 436 g/mol. The first kappa shape index (κ1) is 20.0. The van der Waals surface area contributed by atoms with E-state index >= 15 is 0 Å². The van der Waals surface area contributed by atoms with E-state index in [0.717, 1.165) is 57.1 Å². The number of halogens is 1. The molecule has 8 heteroatoms. The molecular formula is C15H29IN6O. The normalized spacial score (nSPS) is 14.3. The topological polar surface area (TPSA) is 76.2 Å². The second-order valence-corrected chi connectivity index (χ2v) is 6.16. The summed E-state index contributed by atoms with van der Waals surface area (Å²) >= 11 is 0. The van der Waals surface area contributed by atoms with E-state index in [2.05, 4.69) is 34.6 Å². The van der Waals surface area contributed by atoms with Gasteiger partial charge in [-0.2, -0.15) is 5.10 Å². The van der Waals surface area contributed by atoms with Crippen LogP contribution in [0.5, 0.6) is 0 Å². The predicted octanol–water partition coefficient (Wildman–Crippen LogP) is 1.21. The summed E-state index contributed by atoms with van der Waals surface area (Å²) < 4.78 is 3.42. The van der Waals surface area contributed by atoms with Crippen LogP contribution in [0.3, 0.4) is 0 Å². The summed E-state index contributed by atoms with van der Waals surface area (Å²) in [6, 6.07) is 0. The van der Waals surface area contributed by atoms with Crippen LogP contribution in [-0.2, 0) is 19.5 Å². The van der Waals surface area contributed by atoms with E-state index in [1.54, 1.807) is 11.7 Å². The minimum absolute atomic E-state index is 0. The van der Waals surface area contributed by atoms with Gasteiger partial charge in [0.25, 0.3) is 0 Å². The summed E-state index contributed by atoms with van der Waals surface area (Å²) in [7, 11) is 1.77. The summed E-state index contributed by atoms with van der Waals surface area (Å²) in [6.07, 6.45) is 3.98. The first-order chi connectivity index (χ1) is 10.6. The van der Waals surface area contributed by atoms with E-state index in [1.807, 2.05) is 4.57 Å². The lowest BCUT2D eigenvalue weighted by atomic mass is 10.2. The van der Waals surface area contributed by atoms with Crippen LogP contribution in [0.4, 0.5) is 0 Å². The van der Waals surface area contributed by atoms with Crippen molar-refractivity contribution in [2.75, 3.05) is 20.1 Å². The molecule has 2 heterocycles. The number of aromatic nitrogens is 3. The maximum absolute atomic E-state index is 12.2. The first-order valence-corrected chi connectivity index (χ1v) is 8.23. The minimum Gasteiger partial charge on any atom is -0.356 e. The molecule has 1 aromatic rings. The standard InChI is InChI=1S/C15H28N6O.HI/c1-12(2)11-18-14(16-3)17-8-6-10-21-15(22)20-9-5-4-7-13(20)19-21;/h12H,4-11H2,1-3H3,(H2,16,17,18);1H. The van der Waals surface area contributed by atoms with Gasteiger partial charge in [0, 0.05) is 39.6 Å². The molecule has 0 aliphatic carbocycles. The molecule has 1 aromatic heterocycles. The van der Waals surface area contributed by atoms with Gasteiger partial charge in [-0.25, -0.2) is 9.48 Å². The molecule has 7 nitrogen and oxygen atoms in total. The number of rotatable bonds is 6. The first-order valence-electron chi connectivity index (χ1n) is 8.23. The fourth-order valence-corrected chi connectivity index (χ4v) is 2.55. The molecule has 2 N–H and O–H groups in total. The van der Waals surface area contributed by atoms with Crippen molar-refractivity contribution in [2.45, 2.75) is 52.6 Å². The Morgan fingerprint density at radius 3 is 2.78 bits per heavy atom. The fourth-order valence-electron chi connectivity index (χ4n) is 2.55. The van der Waals surface area contributed by atoms with Crippen LogP contribution in [-0.4, -0.2) is 40.4 Å². The molecule has 0 unspecified atom stereocenters. The maximum atomic E-state index is 12.2. The Morgan fingerprint density at radius 2 is 2.13 bits per heavy atom. The summed E-state index contributed by atoms with van der Waals surface area (Å²) in [6.45, 7) is 7.45. The Morgan fingerprint density at radius 1 is 1.35 bits per heavy atom.